The predicted molar refractivity (Wildman–Crippen MR) is 69.0 cm³/mol. The van der Waals surface area contributed by atoms with E-state index in [1.807, 2.05) is 0 Å². The van der Waals surface area contributed by atoms with Crippen molar-refractivity contribution in [3.05, 3.63) is 0 Å². The molecule has 0 aromatic rings. The van der Waals surface area contributed by atoms with Crippen molar-refractivity contribution in [1.29, 1.82) is 0 Å². The second kappa shape index (κ2) is 9.42. The summed E-state index contributed by atoms with van der Waals surface area (Å²) in [4.78, 5) is 11.3. The van der Waals surface area contributed by atoms with Crippen molar-refractivity contribution in [1.82, 2.24) is 10.6 Å². The minimum Gasteiger partial charge on any atom is -0.378 e. The molecule has 1 fully saturated rings. The Kier molecular flexibility index (Phi) is 8.01. The number of carbonyl (C=O) groups excluding carboxylic acids is 1. The Labute approximate surface area is 104 Å². The molecule has 0 radical (unpaired) electrons. The van der Waals surface area contributed by atoms with Gasteiger partial charge in [-0.05, 0) is 38.8 Å². The number of ether oxygens (including phenoxy) is 1. The Morgan fingerprint density at radius 2 is 2.12 bits per heavy atom. The Balaban J connectivity index is 1.88. The van der Waals surface area contributed by atoms with Gasteiger partial charge in [0.25, 0.3) is 0 Å². The van der Waals surface area contributed by atoms with Crippen LogP contribution < -0.4 is 10.6 Å². The molecule has 0 atom stereocenters. The number of unbranched alkanes of at least 4 members (excludes halogenated alkanes) is 1. The van der Waals surface area contributed by atoms with Crippen LogP contribution in [-0.4, -0.2) is 38.3 Å². The molecule has 17 heavy (non-hydrogen) atoms. The largest absolute Gasteiger partial charge is 0.378 e. The number of piperidine rings is 1. The molecule has 1 aliphatic heterocycles. The second-order valence-electron chi connectivity index (χ2n) is 4.63. The lowest BCUT2D eigenvalue weighted by Crippen LogP contribution is -2.33. The predicted octanol–water partition coefficient (Wildman–Crippen LogP) is 1.45. The van der Waals surface area contributed by atoms with Gasteiger partial charge in [0.2, 0.25) is 5.91 Å². The van der Waals surface area contributed by atoms with Crippen LogP contribution >= 0.6 is 0 Å². The number of amides is 1. The first kappa shape index (κ1) is 14.5. The first-order valence-corrected chi connectivity index (χ1v) is 6.92. The summed E-state index contributed by atoms with van der Waals surface area (Å²) in [6.45, 7) is 5.74. The summed E-state index contributed by atoms with van der Waals surface area (Å²) >= 11 is 0. The molecule has 4 nitrogen and oxygen atoms in total. The quantitative estimate of drug-likeness (QED) is 0.633. The highest BCUT2D eigenvalue weighted by Gasteiger charge is 2.12. The van der Waals surface area contributed by atoms with E-state index in [2.05, 4.69) is 17.6 Å². The van der Waals surface area contributed by atoms with E-state index < -0.39 is 0 Å². The van der Waals surface area contributed by atoms with E-state index >= 15 is 0 Å². The molecule has 1 amide bonds. The van der Waals surface area contributed by atoms with E-state index in [-0.39, 0.29) is 5.91 Å². The van der Waals surface area contributed by atoms with E-state index in [4.69, 9.17) is 4.74 Å². The van der Waals surface area contributed by atoms with Gasteiger partial charge in [-0.25, -0.2) is 0 Å². The zero-order valence-corrected chi connectivity index (χ0v) is 11.0. The zero-order valence-electron chi connectivity index (χ0n) is 11.0. The molecule has 4 heteroatoms. The van der Waals surface area contributed by atoms with Gasteiger partial charge >= 0.3 is 0 Å². The molecule has 0 bridgehead atoms. The van der Waals surface area contributed by atoms with Crippen molar-refractivity contribution >= 4 is 5.91 Å². The first-order chi connectivity index (χ1) is 8.33. The van der Waals surface area contributed by atoms with E-state index in [0.29, 0.717) is 12.5 Å². The maximum atomic E-state index is 11.3. The maximum Gasteiger partial charge on any atom is 0.219 e. The Morgan fingerprint density at radius 1 is 1.35 bits per heavy atom. The molecule has 2 N–H and O–H groups in total. The summed E-state index contributed by atoms with van der Waals surface area (Å²) in [7, 11) is 0. The van der Waals surface area contributed by atoms with Crippen molar-refractivity contribution in [3.8, 4) is 0 Å². The van der Waals surface area contributed by atoms with Crippen LogP contribution in [0, 0.1) is 0 Å². The summed E-state index contributed by atoms with van der Waals surface area (Å²) in [6, 6.07) is 0. The highest BCUT2D eigenvalue weighted by atomic mass is 16.5. The second-order valence-corrected chi connectivity index (χ2v) is 4.63. The van der Waals surface area contributed by atoms with E-state index in [9.17, 15) is 4.79 Å². The minimum absolute atomic E-state index is 0.175. The molecule has 0 spiro atoms. The summed E-state index contributed by atoms with van der Waals surface area (Å²) in [5.74, 6) is 0.175. The number of hydrogen-bond donors (Lipinski definition) is 2. The van der Waals surface area contributed by atoms with E-state index in [0.717, 1.165) is 58.3 Å². The van der Waals surface area contributed by atoms with E-state index in [1.54, 1.807) is 0 Å². The third-order valence-electron chi connectivity index (χ3n) is 3.04. The van der Waals surface area contributed by atoms with Gasteiger partial charge in [0, 0.05) is 19.6 Å². The van der Waals surface area contributed by atoms with Crippen LogP contribution in [0.5, 0.6) is 0 Å². The van der Waals surface area contributed by atoms with Crippen LogP contribution in [0.15, 0.2) is 0 Å². The number of carbonyl (C=O) groups is 1. The van der Waals surface area contributed by atoms with Gasteiger partial charge in [0.1, 0.15) is 0 Å². The van der Waals surface area contributed by atoms with Crippen molar-refractivity contribution in [2.75, 3.05) is 26.2 Å². The smallest absolute Gasteiger partial charge is 0.219 e. The van der Waals surface area contributed by atoms with Gasteiger partial charge in [0.15, 0.2) is 0 Å². The molecule has 100 valence electrons. The molecular formula is C13H26N2O2. The highest BCUT2D eigenvalue weighted by Crippen LogP contribution is 2.07. The average Bonchev–Trinajstić information content (AvgIpc) is 2.37. The lowest BCUT2D eigenvalue weighted by atomic mass is 10.1. The molecule has 1 rings (SSSR count). The van der Waals surface area contributed by atoms with Crippen LogP contribution in [0.4, 0.5) is 0 Å². The standard InChI is InChI=1S/C13H26N2O2/c1-2-3-5-13(16)15-8-4-11-17-12-6-9-14-10-7-12/h12,14H,2-11H2,1H3,(H,15,16). The minimum atomic E-state index is 0.175. The molecule has 1 aliphatic rings. The van der Waals surface area contributed by atoms with E-state index in [1.165, 1.54) is 0 Å². The van der Waals surface area contributed by atoms with Gasteiger partial charge in [-0.2, -0.15) is 0 Å². The topological polar surface area (TPSA) is 50.4 Å². The van der Waals surface area contributed by atoms with Gasteiger partial charge in [-0.3, -0.25) is 4.79 Å². The molecular weight excluding hydrogens is 216 g/mol. The summed E-state index contributed by atoms with van der Waals surface area (Å²) in [5, 5.41) is 6.24. The average molecular weight is 242 g/mol. The maximum absolute atomic E-state index is 11.3. The molecule has 0 aliphatic carbocycles. The molecule has 0 aromatic carbocycles. The number of rotatable bonds is 8. The van der Waals surface area contributed by atoms with Crippen LogP contribution in [0.3, 0.4) is 0 Å². The summed E-state index contributed by atoms with van der Waals surface area (Å²) in [6.07, 6.45) is 6.29. The van der Waals surface area contributed by atoms with Crippen molar-refractivity contribution < 1.29 is 9.53 Å². The Hall–Kier alpha value is -0.610. The highest BCUT2D eigenvalue weighted by molar-refractivity contribution is 5.75. The fraction of sp³-hybridized carbons (Fsp3) is 0.923. The lowest BCUT2D eigenvalue weighted by molar-refractivity contribution is -0.121. The molecule has 0 aromatic heterocycles. The van der Waals surface area contributed by atoms with Crippen molar-refractivity contribution in [3.63, 3.8) is 0 Å². The van der Waals surface area contributed by atoms with Crippen molar-refractivity contribution in [2.24, 2.45) is 0 Å². The number of nitrogens with one attached hydrogen (secondary N) is 2. The van der Waals surface area contributed by atoms with Gasteiger partial charge in [0.05, 0.1) is 6.10 Å². The monoisotopic (exact) mass is 242 g/mol. The molecule has 1 saturated heterocycles. The molecule has 0 unspecified atom stereocenters. The Bertz CT molecular complexity index is 204. The Morgan fingerprint density at radius 3 is 2.82 bits per heavy atom. The van der Waals surface area contributed by atoms with Crippen LogP contribution in [0.25, 0.3) is 0 Å². The van der Waals surface area contributed by atoms with Gasteiger partial charge < -0.3 is 15.4 Å². The third kappa shape index (κ3) is 7.34. The fourth-order valence-electron chi connectivity index (χ4n) is 1.94. The summed E-state index contributed by atoms with van der Waals surface area (Å²) < 4.78 is 5.75. The van der Waals surface area contributed by atoms with Crippen LogP contribution in [0.1, 0.15) is 45.4 Å². The SMILES string of the molecule is CCCCC(=O)NCCCOC1CCNCC1. The lowest BCUT2D eigenvalue weighted by Gasteiger charge is -2.22. The normalized spacial score (nSPS) is 17.0. The number of hydrogen-bond acceptors (Lipinski definition) is 3. The van der Waals surface area contributed by atoms with Gasteiger partial charge in [-0.1, -0.05) is 13.3 Å². The summed E-state index contributed by atoms with van der Waals surface area (Å²) in [5.41, 5.74) is 0. The third-order valence-corrected chi connectivity index (χ3v) is 3.04. The molecule has 0 saturated carbocycles. The molecule has 1 heterocycles. The fourth-order valence-corrected chi connectivity index (χ4v) is 1.94. The van der Waals surface area contributed by atoms with Crippen molar-refractivity contribution in [2.45, 2.75) is 51.6 Å². The van der Waals surface area contributed by atoms with Crippen LogP contribution in [0.2, 0.25) is 0 Å². The zero-order chi connectivity index (χ0) is 12.3. The van der Waals surface area contributed by atoms with Crippen LogP contribution in [-0.2, 0) is 9.53 Å². The van der Waals surface area contributed by atoms with Gasteiger partial charge in [-0.15, -0.1) is 0 Å². The first-order valence-electron chi connectivity index (χ1n) is 6.92.